The maximum absolute atomic E-state index is 13.3. The molecule has 1 saturated heterocycles. The molecule has 1 aliphatic heterocycles. The normalized spacial score (nSPS) is 15.7. The van der Waals surface area contributed by atoms with Gasteiger partial charge in [0.25, 0.3) is 0 Å². The second-order valence-electron chi connectivity index (χ2n) is 9.00. The Morgan fingerprint density at radius 2 is 1.65 bits per heavy atom. The van der Waals surface area contributed by atoms with Crippen molar-refractivity contribution in [2.45, 2.75) is 32.2 Å². The minimum atomic E-state index is -3.51. The number of hydrogen-bond acceptors (Lipinski definition) is 5. The van der Waals surface area contributed by atoms with Gasteiger partial charge in [0.05, 0.1) is 11.4 Å². The number of pyridine rings is 1. The third-order valence-electron chi connectivity index (χ3n) is 6.40. The van der Waals surface area contributed by atoms with Crippen LogP contribution >= 0.6 is 0 Å². The third kappa shape index (κ3) is 4.24. The van der Waals surface area contributed by atoms with E-state index in [-0.39, 0.29) is 0 Å². The van der Waals surface area contributed by atoms with Crippen molar-refractivity contribution in [3.8, 4) is 5.69 Å². The molecule has 8 heteroatoms. The first-order valence-corrected chi connectivity index (χ1v) is 13.0. The first-order valence-electron chi connectivity index (χ1n) is 11.5. The van der Waals surface area contributed by atoms with E-state index in [2.05, 4.69) is 39.6 Å². The van der Waals surface area contributed by atoms with Crippen LogP contribution < -0.4 is 0 Å². The molecule has 0 N–H and O–H groups in total. The largest absolute Gasteiger partial charge is 0.293 e. The van der Waals surface area contributed by atoms with E-state index in [0.717, 1.165) is 33.8 Å². The van der Waals surface area contributed by atoms with Crippen molar-refractivity contribution in [1.82, 2.24) is 23.7 Å². The minimum Gasteiger partial charge on any atom is -0.293 e. The lowest BCUT2D eigenvalue weighted by Crippen LogP contribution is -2.48. The summed E-state index contributed by atoms with van der Waals surface area (Å²) in [6.07, 6.45) is 1.79. The average Bonchev–Trinajstić information content (AvgIpc) is 3.18. The summed E-state index contributed by atoms with van der Waals surface area (Å²) in [4.78, 5) is 12.1. The summed E-state index contributed by atoms with van der Waals surface area (Å²) < 4.78 is 30.3. The summed E-state index contributed by atoms with van der Waals surface area (Å²) in [5.74, 6) is 0.908. The second kappa shape index (κ2) is 8.94. The number of piperazine rings is 1. The molecule has 1 aliphatic rings. The van der Waals surface area contributed by atoms with Crippen LogP contribution in [0.2, 0.25) is 0 Å². The average molecular weight is 476 g/mol. The minimum absolute atomic E-state index is 0.410. The van der Waals surface area contributed by atoms with Gasteiger partial charge < -0.3 is 0 Å². The van der Waals surface area contributed by atoms with Gasteiger partial charge in [-0.05, 0) is 67.8 Å². The molecule has 176 valence electrons. The van der Waals surface area contributed by atoms with Crippen LogP contribution in [0, 0.1) is 20.8 Å². The summed E-state index contributed by atoms with van der Waals surface area (Å²) >= 11 is 0. The number of nitrogens with zero attached hydrogens (tertiary/aromatic N) is 5. The Balaban J connectivity index is 1.38. The molecule has 7 nitrogen and oxygen atoms in total. The lowest BCUT2D eigenvalue weighted by molar-refractivity contribution is 0.177. The summed E-state index contributed by atoms with van der Waals surface area (Å²) in [6.45, 7) is 8.69. The van der Waals surface area contributed by atoms with Crippen molar-refractivity contribution in [1.29, 1.82) is 0 Å². The maximum Gasteiger partial charge on any atom is 0.243 e. The molecule has 3 heterocycles. The van der Waals surface area contributed by atoms with Gasteiger partial charge in [-0.15, -0.1) is 0 Å². The number of benzene rings is 2. The highest BCUT2D eigenvalue weighted by Gasteiger charge is 2.30. The molecule has 2 aromatic heterocycles. The van der Waals surface area contributed by atoms with E-state index in [9.17, 15) is 8.42 Å². The van der Waals surface area contributed by atoms with Gasteiger partial charge in [0, 0.05) is 38.1 Å². The smallest absolute Gasteiger partial charge is 0.243 e. The van der Waals surface area contributed by atoms with E-state index in [1.165, 1.54) is 5.56 Å². The standard InChI is InChI=1S/C26H29N5O2S/c1-19-6-4-7-22(16-19)31-25(28-23-8-5-11-27-26(23)31)18-29-12-14-30(15-13-29)34(32,33)24-17-20(2)9-10-21(24)3/h4-11,16-17H,12-15,18H2,1-3H3. The summed E-state index contributed by atoms with van der Waals surface area (Å²) in [5.41, 5.74) is 5.63. The van der Waals surface area contributed by atoms with Gasteiger partial charge in [-0.2, -0.15) is 4.31 Å². The second-order valence-corrected chi connectivity index (χ2v) is 10.9. The van der Waals surface area contributed by atoms with Gasteiger partial charge in [-0.25, -0.2) is 18.4 Å². The Kier molecular flexibility index (Phi) is 5.97. The van der Waals surface area contributed by atoms with E-state index in [4.69, 9.17) is 4.98 Å². The summed E-state index contributed by atoms with van der Waals surface area (Å²) in [5, 5.41) is 0. The quantitative estimate of drug-likeness (QED) is 0.438. The zero-order chi connectivity index (χ0) is 23.9. The zero-order valence-electron chi connectivity index (χ0n) is 19.8. The van der Waals surface area contributed by atoms with Crippen LogP contribution in [0.5, 0.6) is 0 Å². The molecule has 5 rings (SSSR count). The van der Waals surface area contributed by atoms with E-state index < -0.39 is 10.0 Å². The zero-order valence-corrected chi connectivity index (χ0v) is 20.6. The molecule has 0 unspecified atom stereocenters. The topological polar surface area (TPSA) is 71.3 Å². The fourth-order valence-corrected chi connectivity index (χ4v) is 6.29. The van der Waals surface area contributed by atoms with Crippen LogP contribution in [0.25, 0.3) is 16.9 Å². The van der Waals surface area contributed by atoms with Crippen LogP contribution in [0.15, 0.2) is 65.7 Å². The number of imidazole rings is 1. The molecular weight excluding hydrogens is 446 g/mol. The van der Waals surface area contributed by atoms with Crippen molar-refractivity contribution in [2.24, 2.45) is 0 Å². The summed E-state index contributed by atoms with van der Waals surface area (Å²) in [6, 6.07) is 17.8. The van der Waals surface area contributed by atoms with E-state index in [0.29, 0.717) is 37.6 Å². The van der Waals surface area contributed by atoms with Crippen molar-refractivity contribution in [3.05, 3.63) is 83.3 Å². The Bertz CT molecular complexity index is 1450. The SMILES string of the molecule is Cc1cccc(-n2c(CN3CCN(S(=O)(=O)c4cc(C)ccc4C)CC3)nc3cccnc32)c1. The van der Waals surface area contributed by atoms with Gasteiger partial charge in [0.15, 0.2) is 5.65 Å². The number of fused-ring (bicyclic) bond motifs is 1. The number of sulfonamides is 1. The Hall–Kier alpha value is -3.07. The fraction of sp³-hybridized carbons (Fsp3) is 0.308. The molecule has 4 aromatic rings. The maximum atomic E-state index is 13.3. The van der Waals surface area contributed by atoms with Crippen LogP contribution in [-0.4, -0.2) is 58.3 Å². The van der Waals surface area contributed by atoms with Crippen molar-refractivity contribution >= 4 is 21.2 Å². The lowest BCUT2D eigenvalue weighted by Gasteiger charge is -2.34. The van der Waals surface area contributed by atoms with Crippen molar-refractivity contribution in [3.63, 3.8) is 0 Å². The van der Waals surface area contributed by atoms with E-state index >= 15 is 0 Å². The molecule has 0 saturated carbocycles. The molecule has 0 spiro atoms. The molecule has 34 heavy (non-hydrogen) atoms. The Morgan fingerprint density at radius 1 is 0.882 bits per heavy atom. The molecular formula is C26H29N5O2S. The van der Waals surface area contributed by atoms with Crippen LogP contribution in [-0.2, 0) is 16.6 Å². The molecule has 1 fully saturated rings. The Morgan fingerprint density at radius 3 is 2.41 bits per heavy atom. The molecule has 0 atom stereocenters. The first kappa shape index (κ1) is 22.7. The van der Waals surface area contributed by atoms with Gasteiger partial charge in [0.1, 0.15) is 11.3 Å². The third-order valence-corrected chi connectivity index (χ3v) is 8.44. The number of aromatic nitrogens is 3. The predicted octanol–water partition coefficient (Wildman–Crippen LogP) is 3.85. The van der Waals surface area contributed by atoms with Gasteiger partial charge in [-0.3, -0.25) is 9.47 Å². The van der Waals surface area contributed by atoms with E-state index in [1.807, 2.05) is 44.2 Å². The highest BCUT2D eigenvalue weighted by molar-refractivity contribution is 7.89. The number of rotatable bonds is 5. The molecule has 0 bridgehead atoms. The highest BCUT2D eigenvalue weighted by Crippen LogP contribution is 2.25. The van der Waals surface area contributed by atoms with E-state index in [1.54, 1.807) is 16.6 Å². The monoisotopic (exact) mass is 475 g/mol. The first-order chi connectivity index (χ1) is 16.3. The van der Waals surface area contributed by atoms with Crippen LogP contribution in [0.3, 0.4) is 0 Å². The number of aryl methyl sites for hydroxylation is 3. The van der Waals surface area contributed by atoms with Crippen LogP contribution in [0.4, 0.5) is 0 Å². The Labute approximate surface area is 200 Å². The highest BCUT2D eigenvalue weighted by atomic mass is 32.2. The molecule has 0 amide bonds. The molecule has 0 aliphatic carbocycles. The predicted molar refractivity (Wildman–Crippen MR) is 134 cm³/mol. The molecule has 0 radical (unpaired) electrons. The summed E-state index contributed by atoms with van der Waals surface area (Å²) in [7, 11) is -3.51. The lowest BCUT2D eigenvalue weighted by atomic mass is 10.2. The van der Waals surface area contributed by atoms with Gasteiger partial charge in [-0.1, -0.05) is 24.3 Å². The van der Waals surface area contributed by atoms with Gasteiger partial charge in [0.2, 0.25) is 10.0 Å². The van der Waals surface area contributed by atoms with Crippen molar-refractivity contribution < 1.29 is 8.42 Å². The van der Waals surface area contributed by atoms with Crippen molar-refractivity contribution in [2.75, 3.05) is 26.2 Å². The van der Waals surface area contributed by atoms with Gasteiger partial charge >= 0.3 is 0 Å². The number of hydrogen-bond donors (Lipinski definition) is 0. The van der Waals surface area contributed by atoms with Crippen LogP contribution in [0.1, 0.15) is 22.5 Å². The molecule has 2 aromatic carbocycles. The fourth-order valence-electron chi connectivity index (χ4n) is 4.56.